The molecular weight excluding hydrogens is 307 g/mol. The molecule has 2 aliphatic heterocycles. The van der Waals surface area contributed by atoms with E-state index < -0.39 is 5.82 Å². The number of rotatable bonds is 2. The summed E-state index contributed by atoms with van der Waals surface area (Å²) in [6.45, 7) is 1.92. The van der Waals surface area contributed by atoms with Gasteiger partial charge in [-0.05, 0) is 42.7 Å². The van der Waals surface area contributed by atoms with Crippen molar-refractivity contribution in [1.29, 1.82) is 5.26 Å². The minimum atomic E-state index is -0.470. The van der Waals surface area contributed by atoms with Crippen molar-refractivity contribution >= 4 is 5.69 Å². The number of hydrogen-bond acceptors (Lipinski definition) is 4. The van der Waals surface area contributed by atoms with Crippen LogP contribution in [0.5, 0.6) is 11.5 Å². The van der Waals surface area contributed by atoms with Crippen molar-refractivity contribution in [2.45, 2.75) is 18.9 Å². The van der Waals surface area contributed by atoms with Crippen LogP contribution in [0.15, 0.2) is 36.4 Å². The number of benzene rings is 2. The lowest BCUT2D eigenvalue weighted by Crippen LogP contribution is -2.24. The number of ether oxygens (including phenoxy) is 2. The zero-order valence-electron chi connectivity index (χ0n) is 13.2. The quantitative estimate of drug-likeness (QED) is 0.843. The van der Waals surface area contributed by atoms with Gasteiger partial charge in [0.05, 0.1) is 11.7 Å². The Labute approximate surface area is 140 Å². The van der Waals surface area contributed by atoms with Crippen molar-refractivity contribution in [2.24, 2.45) is 0 Å². The maximum Gasteiger partial charge on any atom is 0.161 e. The molecule has 1 atom stereocenters. The van der Waals surface area contributed by atoms with E-state index in [1.54, 1.807) is 6.07 Å². The fraction of sp³-hybridized carbons (Fsp3) is 0.316. The summed E-state index contributed by atoms with van der Waals surface area (Å²) in [5.41, 5.74) is 1.88. The molecule has 0 aromatic heterocycles. The first-order valence-electron chi connectivity index (χ1n) is 8.13. The highest BCUT2D eigenvalue weighted by molar-refractivity contribution is 5.62. The highest BCUT2D eigenvalue weighted by Crippen LogP contribution is 2.41. The summed E-state index contributed by atoms with van der Waals surface area (Å²) in [7, 11) is 0. The normalized spacial score (nSPS) is 19.2. The second-order valence-corrected chi connectivity index (χ2v) is 6.00. The highest BCUT2D eigenvalue weighted by Gasteiger charge is 2.29. The molecule has 0 aliphatic carbocycles. The SMILES string of the molecule is N#Cc1c(F)cccc1N1CCC[C@H]1c1ccc2c(c1)OCCO2. The van der Waals surface area contributed by atoms with Gasteiger partial charge in [-0.2, -0.15) is 5.26 Å². The Morgan fingerprint density at radius 1 is 1.12 bits per heavy atom. The maximum absolute atomic E-state index is 14.0. The molecular formula is C19H17FN2O2. The molecule has 0 spiro atoms. The Morgan fingerprint density at radius 3 is 2.79 bits per heavy atom. The first-order valence-corrected chi connectivity index (χ1v) is 8.13. The zero-order valence-corrected chi connectivity index (χ0v) is 13.2. The van der Waals surface area contributed by atoms with E-state index in [0.717, 1.165) is 36.4 Å². The van der Waals surface area contributed by atoms with Crippen molar-refractivity contribution in [3.05, 3.63) is 53.3 Å². The van der Waals surface area contributed by atoms with Gasteiger partial charge in [-0.3, -0.25) is 0 Å². The third kappa shape index (κ3) is 2.44. The molecule has 0 saturated carbocycles. The largest absolute Gasteiger partial charge is 0.486 e. The van der Waals surface area contributed by atoms with Gasteiger partial charge in [0.1, 0.15) is 30.7 Å². The molecule has 1 saturated heterocycles. The fourth-order valence-electron chi connectivity index (χ4n) is 3.53. The highest BCUT2D eigenvalue weighted by atomic mass is 19.1. The van der Waals surface area contributed by atoms with Crippen LogP contribution in [0, 0.1) is 17.1 Å². The van der Waals surface area contributed by atoms with Crippen LogP contribution >= 0.6 is 0 Å². The van der Waals surface area contributed by atoms with Gasteiger partial charge in [0.2, 0.25) is 0 Å². The molecule has 4 nitrogen and oxygen atoms in total. The van der Waals surface area contributed by atoms with Gasteiger partial charge in [0, 0.05) is 6.54 Å². The van der Waals surface area contributed by atoms with Crippen LogP contribution < -0.4 is 14.4 Å². The van der Waals surface area contributed by atoms with Crippen molar-refractivity contribution in [1.82, 2.24) is 0 Å². The Kier molecular flexibility index (Phi) is 3.73. The summed E-state index contributed by atoms with van der Waals surface area (Å²) < 4.78 is 25.2. The second kappa shape index (κ2) is 6.04. The van der Waals surface area contributed by atoms with E-state index in [9.17, 15) is 9.65 Å². The molecule has 2 aromatic rings. The Balaban J connectivity index is 1.71. The molecule has 24 heavy (non-hydrogen) atoms. The molecule has 1 fully saturated rings. The van der Waals surface area contributed by atoms with Crippen LogP contribution in [0.1, 0.15) is 30.0 Å². The molecule has 122 valence electrons. The van der Waals surface area contributed by atoms with Crippen LogP contribution in [0.4, 0.5) is 10.1 Å². The Hall–Kier alpha value is -2.74. The zero-order chi connectivity index (χ0) is 16.5. The van der Waals surface area contributed by atoms with E-state index in [2.05, 4.69) is 4.90 Å². The molecule has 2 heterocycles. The van der Waals surface area contributed by atoms with Gasteiger partial charge in [-0.1, -0.05) is 12.1 Å². The number of nitrogens with zero attached hydrogens (tertiary/aromatic N) is 2. The molecule has 0 bridgehead atoms. The van der Waals surface area contributed by atoms with Crippen LogP contribution in [0.3, 0.4) is 0 Å². The van der Waals surface area contributed by atoms with Crippen LogP contribution in [0.2, 0.25) is 0 Å². The first-order chi connectivity index (χ1) is 11.8. The molecule has 2 aromatic carbocycles. The smallest absolute Gasteiger partial charge is 0.161 e. The predicted octanol–water partition coefficient (Wildman–Crippen LogP) is 3.81. The summed E-state index contributed by atoms with van der Waals surface area (Å²) >= 11 is 0. The monoisotopic (exact) mass is 324 g/mol. The standard InChI is InChI=1S/C19H17FN2O2/c20-15-3-1-4-17(14(15)12-21)22-8-2-5-16(22)13-6-7-18-19(11-13)24-10-9-23-18/h1,3-4,6-7,11,16H,2,5,8-10H2/t16-/m0/s1. The lowest BCUT2D eigenvalue weighted by atomic mass is 10.0. The fourth-order valence-corrected chi connectivity index (χ4v) is 3.53. The number of hydrogen-bond donors (Lipinski definition) is 0. The van der Waals surface area contributed by atoms with Crippen LogP contribution in [-0.4, -0.2) is 19.8 Å². The topological polar surface area (TPSA) is 45.5 Å². The average Bonchev–Trinajstić information content (AvgIpc) is 3.10. The maximum atomic E-state index is 14.0. The minimum absolute atomic E-state index is 0.106. The molecule has 0 radical (unpaired) electrons. The van der Waals surface area contributed by atoms with Gasteiger partial charge in [0.25, 0.3) is 0 Å². The summed E-state index contributed by atoms with van der Waals surface area (Å²) in [4.78, 5) is 2.12. The number of halogens is 1. The summed E-state index contributed by atoms with van der Waals surface area (Å²) in [6.07, 6.45) is 1.96. The van der Waals surface area contributed by atoms with Gasteiger partial charge >= 0.3 is 0 Å². The molecule has 2 aliphatic rings. The van der Waals surface area contributed by atoms with Crippen molar-refractivity contribution in [2.75, 3.05) is 24.7 Å². The van der Waals surface area contributed by atoms with E-state index >= 15 is 0 Å². The molecule has 0 N–H and O–H groups in total. The van der Waals surface area contributed by atoms with Crippen LogP contribution in [-0.2, 0) is 0 Å². The van der Waals surface area contributed by atoms with Gasteiger partial charge in [0.15, 0.2) is 11.5 Å². The molecule has 4 rings (SSSR count). The number of fused-ring (bicyclic) bond motifs is 1. The average molecular weight is 324 g/mol. The Morgan fingerprint density at radius 2 is 1.96 bits per heavy atom. The second-order valence-electron chi connectivity index (χ2n) is 6.00. The van der Waals surface area contributed by atoms with E-state index in [-0.39, 0.29) is 11.6 Å². The van der Waals surface area contributed by atoms with Crippen molar-refractivity contribution in [3.8, 4) is 17.6 Å². The third-order valence-corrected chi connectivity index (χ3v) is 4.62. The van der Waals surface area contributed by atoms with Gasteiger partial charge in [-0.15, -0.1) is 0 Å². The summed E-state index contributed by atoms with van der Waals surface area (Å²) in [5.74, 6) is 1.05. The van der Waals surface area contributed by atoms with E-state index in [0.29, 0.717) is 18.9 Å². The lowest BCUT2D eigenvalue weighted by molar-refractivity contribution is 0.171. The predicted molar refractivity (Wildman–Crippen MR) is 87.9 cm³/mol. The first kappa shape index (κ1) is 14.8. The van der Waals surface area contributed by atoms with Gasteiger partial charge < -0.3 is 14.4 Å². The third-order valence-electron chi connectivity index (χ3n) is 4.62. The Bertz CT molecular complexity index is 815. The van der Waals surface area contributed by atoms with Crippen molar-refractivity contribution < 1.29 is 13.9 Å². The van der Waals surface area contributed by atoms with E-state index in [4.69, 9.17) is 9.47 Å². The number of anilines is 1. The van der Waals surface area contributed by atoms with Crippen LogP contribution in [0.25, 0.3) is 0 Å². The lowest BCUT2D eigenvalue weighted by Gasteiger charge is -2.29. The summed E-state index contributed by atoms with van der Waals surface area (Å²) in [5, 5.41) is 9.32. The van der Waals surface area contributed by atoms with E-state index in [1.807, 2.05) is 30.3 Å². The van der Waals surface area contributed by atoms with E-state index in [1.165, 1.54) is 6.07 Å². The summed E-state index contributed by atoms with van der Waals surface area (Å²) in [6, 6.07) is 12.9. The van der Waals surface area contributed by atoms with Gasteiger partial charge in [-0.25, -0.2) is 4.39 Å². The molecule has 5 heteroatoms. The molecule has 0 unspecified atom stereocenters. The minimum Gasteiger partial charge on any atom is -0.486 e. The molecule has 0 amide bonds. The number of nitriles is 1. The van der Waals surface area contributed by atoms with Crippen molar-refractivity contribution in [3.63, 3.8) is 0 Å².